The number of rotatable bonds is 2. The summed E-state index contributed by atoms with van der Waals surface area (Å²) in [6, 6.07) is 13.7. The van der Waals surface area contributed by atoms with E-state index in [-0.39, 0.29) is 5.38 Å². The molecule has 1 atom stereocenters. The molecule has 0 aliphatic rings. The van der Waals surface area contributed by atoms with Crippen LogP contribution in [0.15, 0.2) is 46.9 Å². The maximum Gasteiger partial charge on any atom is 0.132 e. The predicted molar refractivity (Wildman–Crippen MR) is 88.0 cm³/mol. The topological polar surface area (TPSA) is 17.8 Å². The highest BCUT2D eigenvalue weighted by Gasteiger charge is 2.17. The quantitative estimate of drug-likeness (QED) is 0.526. The first kappa shape index (κ1) is 13.9. The van der Waals surface area contributed by atoms with Crippen molar-refractivity contribution in [1.29, 1.82) is 0 Å². The van der Waals surface area contributed by atoms with Crippen molar-refractivity contribution in [2.24, 2.45) is 0 Å². The number of benzene rings is 2. The predicted octanol–water partition coefficient (Wildman–Crippen LogP) is 5.74. The molecule has 2 nitrogen and oxygen atoms in total. The lowest BCUT2D eigenvalue weighted by Gasteiger charge is -2.12. The van der Waals surface area contributed by atoms with Gasteiger partial charge in [0.1, 0.15) is 5.82 Å². The third-order valence-corrected chi connectivity index (χ3v) is 4.10. The second kappa shape index (κ2) is 5.40. The highest BCUT2D eigenvalue weighted by molar-refractivity contribution is 9.10. The molecule has 0 saturated carbocycles. The van der Waals surface area contributed by atoms with Gasteiger partial charge in [0.2, 0.25) is 0 Å². The van der Waals surface area contributed by atoms with Gasteiger partial charge in [-0.05, 0) is 37.3 Å². The molecule has 5 heteroatoms. The van der Waals surface area contributed by atoms with E-state index in [0.29, 0.717) is 5.02 Å². The normalized spacial score (nSPS) is 12.8. The first-order valence-corrected chi connectivity index (χ1v) is 7.75. The van der Waals surface area contributed by atoms with E-state index in [1.165, 1.54) is 0 Å². The molecular formula is C15H11BrCl2N2. The number of halogens is 3. The molecule has 0 fully saturated rings. The summed E-state index contributed by atoms with van der Waals surface area (Å²) in [6.45, 7) is 1.91. The lowest BCUT2D eigenvalue weighted by molar-refractivity contribution is 0.883. The van der Waals surface area contributed by atoms with Gasteiger partial charge in [-0.1, -0.05) is 39.7 Å². The Morgan fingerprint density at radius 2 is 1.95 bits per heavy atom. The van der Waals surface area contributed by atoms with Crippen molar-refractivity contribution in [3.63, 3.8) is 0 Å². The summed E-state index contributed by atoms with van der Waals surface area (Å²) < 4.78 is 3.00. The SMILES string of the molecule is CC(Cl)c1nc2cc(Br)ccc2n1-c1ccccc1Cl. The molecule has 0 amide bonds. The van der Waals surface area contributed by atoms with Gasteiger partial charge in [-0.25, -0.2) is 4.98 Å². The van der Waals surface area contributed by atoms with Crippen LogP contribution in [0.2, 0.25) is 5.02 Å². The summed E-state index contributed by atoms with van der Waals surface area (Å²) in [5.41, 5.74) is 2.77. The summed E-state index contributed by atoms with van der Waals surface area (Å²) >= 11 is 16.1. The summed E-state index contributed by atoms with van der Waals surface area (Å²) in [4.78, 5) is 4.63. The van der Waals surface area contributed by atoms with Crippen LogP contribution < -0.4 is 0 Å². The standard InChI is InChI=1S/C15H11BrCl2N2/c1-9(17)15-19-12-8-10(16)6-7-14(12)20(15)13-5-3-2-4-11(13)18/h2-9H,1H3. The fourth-order valence-electron chi connectivity index (χ4n) is 2.23. The number of alkyl halides is 1. The molecule has 0 N–H and O–H groups in total. The zero-order valence-electron chi connectivity index (χ0n) is 10.6. The minimum absolute atomic E-state index is 0.211. The van der Waals surface area contributed by atoms with Gasteiger partial charge in [0.15, 0.2) is 0 Å². The molecule has 0 aliphatic carbocycles. The molecule has 1 heterocycles. The zero-order chi connectivity index (χ0) is 14.3. The number of aromatic nitrogens is 2. The molecule has 1 unspecified atom stereocenters. The Hall–Kier alpha value is -1.03. The average Bonchev–Trinajstić information content (AvgIpc) is 2.78. The number of nitrogens with zero attached hydrogens (tertiary/aromatic N) is 2. The molecule has 102 valence electrons. The highest BCUT2D eigenvalue weighted by atomic mass is 79.9. The van der Waals surface area contributed by atoms with Crippen molar-refractivity contribution in [3.8, 4) is 5.69 Å². The molecule has 20 heavy (non-hydrogen) atoms. The van der Waals surface area contributed by atoms with E-state index in [9.17, 15) is 0 Å². The monoisotopic (exact) mass is 368 g/mol. The molecule has 2 aromatic carbocycles. The largest absolute Gasteiger partial charge is 0.294 e. The smallest absolute Gasteiger partial charge is 0.132 e. The van der Waals surface area contributed by atoms with Crippen molar-refractivity contribution in [2.75, 3.05) is 0 Å². The zero-order valence-corrected chi connectivity index (χ0v) is 13.7. The number of imidazole rings is 1. The van der Waals surface area contributed by atoms with Gasteiger partial charge in [-0.3, -0.25) is 4.57 Å². The Morgan fingerprint density at radius 3 is 2.65 bits per heavy atom. The van der Waals surface area contributed by atoms with Crippen LogP contribution in [0.25, 0.3) is 16.7 Å². The second-order valence-electron chi connectivity index (χ2n) is 4.51. The van der Waals surface area contributed by atoms with E-state index in [1.807, 2.05) is 54.0 Å². The van der Waals surface area contributed by atoms with Crippen LogP contribution in [-0.4, -0.2) is 9.55 Å². The molecule has 3 aromatic rings. The minimum Gasteiger partial charge on any atom is -0.294 e. The van der Waals surface area contributed by atoms with Crippen LogP contribution in [0, 0.1) is 0 Å². The third-order valence-electron chi connectivity index (χ3n) is 3.09. The van der Waals surface area contributed by atoms with Gasteiger partial charge in [-0.15, -0.1) is 11.6 Å². The molecular weight excluding hydrogens is 359 g/mol. The van der Waals surface area contributed by atoms with Crippen LogP contribution >= 0.6 is 39.1 Å². The fourth-order valence-corrected chi connectivity index (χ4v) is 2.94. The molecule has 0 bridgehead atoms. The minimum atomic E-state index is -0.211. The number of hydrogen-bond acceptors (Lipinski definition) is 1. The van der Waals surface area contributed by atoms with Crippen LogP contribution in [-0.2, 0) is 0 Å². The molecule has 1 aromatic heterocycles. The van der Waals surface area contributed by atoms with Crippen molar-refractivity contribution in [3.05, 3.63) is 57.8 Å². The molecule has 0 radical (unpaired) electrons. The first-order valence-electron chi connectivity index (χ1n) is 6.15. The maximum absolute atomic E-state index is 6.32. The lowest BCUT2D eigenvalue weighted by atomic mass is 10.2. The van der Waals surface area contributed by atoms with Crippen LogP contribution in [0.5, 0.6) is 0 Å². The summed E-state index contributed by atoms with van der Waals surface area (Å²) in [6.07, 6.45) is 0. The van der Waals surface area contributed by atoms with Gasteiger partial charge in [0.25, 0.3) is 0 Å². The average molecular weight is 370 g/mol. The molecule has 0 aliphatic heterocycles. The van der Waals surface area contributed by atoms with E-state index in [1.54, 1.807) is 0 Å². The number of hydrogen-bond donors (Lipinski definition) is 0. The van der Waals surface area contributed by atoms with E-state index in [2.05, 4.69) is 20.9 Å². The fraction of sp³-hybridized carbons (Fsp3) is 0.133. The van der Waals surface area contributed by atoms with Crippen LogP contribution in [0.1, 0.15) is 18.1 Å². The van der Waals surface area contributed by atoms with Gasteiger partial charge in [-0.2, -0.15) is 0 Å². The summed E-state index contributed by atoms with van der Waals surface area (Å²) in [5, 5.41) is 0.464. The van der Waals surface area contributed by atoms with E-state index in [0.717, 1.165) is 27.0 Å². The molecule has 0 spiro atoms. The van der Waals surface area contributed by atoms with Gasteiger partial charge < -0.3 is 0 Å². The van der Waals surface area contributed by atoms with E-state index < -0.39 is 0 Å². The van der Waals surface area contributed by atoms with E-state index >= 15 is 0 Å². The lowest BCUT2D eigenvalue weighted by Crippen LogP contribution is -2.02. The Morgan fingerprint density at radius 1 is 1.20 bits per heavy atom. The van der Waals surface area contributed by atoms with Gasteiger partial charge in [0, 0.05) is 4.47 Å². The summed E-state index contributed by atoms with van der Waals surface area (Å²) in [5.74, 6) is 0.785. The van der Waals surface area contributed by atoms with Crippen LogP contribution in [0.4, 0.5) is 0 Å². The van der Waals surface area contributed by atoms with Crippen molar-refractivity contribution < 1.29 is 0 Å². The Bertz CT molecular complexity index is 781. The van der Waals surface area contributed by atoms with Crippen LogP contribution in [0.3, 0.4) is 0 Å². The highest BCUT2D eigenvalue weighted by Crippen LogP contribution is 2.32. The Balaban J connectivity index is 2.38. The van der Waals surface area contributed by atoms with Crippen molar-refractivity contribution in [1.82, 2.24) is 9.55 Å². The number of para-hydroxylation sites is 1. The van der Waals surface area contributed by atoms with Gasteiger partial charge >= 0.3 is 0 Å². The van der Waals surface area contributed by atoms with E-state index in [4.69, 9.17) is 23.2 Å². The van der Waals surface area contributed by atoms with Gasteiger partial charge in [0.05, 0.1) is 27.1 Å². The summed E-state index contributed by atoms with van der Waals surface area (Å²) in [7, 11) is 0. The Kier molecular flexibility index (Phi) is 3.76. The van der Waals surface area contributed by atoms with Crippen molar-refractivity contribution in [2.45, 2.75) is 12.3 Å². The third kappa shape index (κ3) is 2.34. The second-order valence-corrected chi connectivity index (χ2v) is 6.48. The molecule has 0 saturated heterocycles. The van der Waals surface area contributed by atoms with Crippen molar-refractivity contribution >= 4 is 50.2 Å². The number of fused-ring (bicyclic) bond motifs is 1. The Labute approximate surface area is 135 Å². The first-order chi connectivity index (χ1) is 9.58. The molecule has 3 rings (SSSR count). The maximum atomic E-state index is 6.32.